The van der Waals surface area contributed by atoms with Gasteiger partial charge in [-0.15, -0.1) is 0 Å². The van der Waals surface area contributed by atoms with Gasteiger partial charge in [0.2, 0.25) is 0 Å². The van der Waals surface area contributed by atoms with E-state index in [4.69, 9.17) is 4.74 Å². The molecule has 1 aliphatic rings. The lowest BCUT2D eigenvalue weighted by atomic mass is 10.1. The van der Waals surface area contributed by atoms with Crippen LogP contribution in [0.4, 0.5) is 0 Å². The minimum atomic E-state index is -0.309. The number of fused-ring (bicyclic) bond motifs is 1. The molecule has 2 aromatic rings. The molecule has 0 aromatic heterocycles. The Morgan fingerprint density at radius 3 is 2.72 bits per heavy atom. The fraction of sp³-hybridized carbons (Fsp3) is 0.125. The Hall–Kier alpha value is -2.09. The van der Waals surface area contributed by atoms with Crippen LogP contribution >= 0.6 is 0 Å². The molecule has 0 bridgehead atoms. The van der Waals surface area contributed by atoms with Crippen LogP contribution in [0.5, 0.6) is 5.75 Å². The zero-order valence-corrected chi connectivity index (χ0v) is 9.85. The fourth-order valence-corrected chi connectivity index (χ4v) is 2.14. The van der Waals surface area contributed by atoms with Crippen molar-refractivity contribution in [2.75, 3.05) is 0 Å². The van der Waals surface area contributed by atoms with Crippen molar-refractivity contribution in [3.63, 3.8) is 0 Å². The van der Waals surface area contributed by atoms with Crippen molar-refractivity contribution in [1.82, 2.24) is 0 Å². The predicted molar refractivity (Wildman–Crippen MR) is 68.5 cm³/mol. The average molecular weight is 236 g/mol. The van der Waals surface area contributed by atoms with Crippen molar-refractivity contribution in [3.8, 4) is 5.75 Å². The molecule has 0 atom stereocenters. The van der Waals surface area contributed by atoms with E-state index in [-0.39, 0.29) is 5.97 Å². The Balaban J connectivity index is 1.86. The van der Waals surface area contributed by atoms with Crippen LogP contribution in [0.2, 0.25) is 0 Å². The molecule has 0 amide bonds. The Bertz CT molecular complexity index is 573. The van der Waals surface area contributed by atoms with Crippen molar-refractivity contribution < 1.29 is 9.53 Å². The number of hydrogen-bond acceptors (Lipinski definition) is 2. The van der Waals surface area contributed by atoms with Crippen LogP contribution in [-0.2, 0) is 6.42 Å². The van der Waals surface area contributed by atoms with E-state index in [1.54, 1.807) is 12.1 Å². The SMILES string of the molecule is O=C(Oc1cccc2c1CC[C]2)c1ccccc1. The average Bonchev–Trinajstić information content (AvgIpc) is 2.89. The van der Waals surface area contributed by atoms with Gasteiger partial charge in [-0.2, -0.15) is 0 Å². The Morgan fingerprint density at radius 1 is 1.06 bits per heavy atom. The second-order valence-corrected chi connectivity index (χ2v) is 4.21. The van der Waals surface area contributed by atoms with Crippen molar-refractivity contribution in [2.24, 2.45) is 0 Å². The zero-order chi connectivity index (χ0) is 12.4. The molecule has 88 valence electrons. The molecule has 0 fully saturated rings. The third-order valence-electron chi connectivity index (χ3n) is 3.04. The zero-order valence-electron chi connectivity index (χ0n) is 9.85. The molecule has 2 aromatic carbocycles. The van der Waals surface area contributed by atoms with E-state index < -0.39 is 0 Å². The third-order valence-corrected chi connectivity index (χ3v) is 3.04. The maximum Gasteiger partial charge on any atom is 0.343 e. The van der Waals surface area contributed by atoms with Crippen LogP contribution < -0.4 is 4.74 Å². The van der Waals surface area contributed by atoms with Gasteiger partial charge in [0.25, 0.3) is 0 Å². The van der Waals surface area contributed by atoms with Gasteiger partial charge in [0.1, 0.15) is 5.75 Å². The van der Waals surface area contributed by atoms with Gasteiger partial charge in [0.15, 0.2) is 0 Å². The van der Waals surface area contributed by atoms with E-state index in [0.717, 1.165) is 24.0 Å². The van der Waals surface area contributed by atoms with Gasteiger partial charge >= 0.3 is 5.97 Å². The van der Waals surface area contributed by atoms with Crippen LogP contribution in [0, 0.1) is 6.42 Å². The number of rotatable bonds is 2. The summed E-state index contributed by atoms with van der Waals surface area (Å²) < 4.78 is 5.46. The van der Waals surface area contributed by atoms with Gasteiger partial charge in [0.05, 0.1) is 5.56 Å². The van der Waals surface area contributed by atoms with Gasteiger partial charge in [-0.3, -0.25) is 0 Å². The minimum absolute atomic E-state index is 0.309. The minimum Gasteiger partial charge on any atom is -0.423 e. The van der Waals surface area contributed by atoms with Crippen LogP contribution in [0.1, 0.15) is 27.9 Å². The Labute approximate surface area is 106 Å². The summed E-state index contributed by atoms with van der Waals surface area (Å²) in [6, 6.07) is 14.8. The van der Waals surface area contributed by atoms with Crippen LogP contribution in [0.3, 0.4) is 0 Å². The molecule has 0 saturated carbocycles. The number of carbonyl (C=O) groups excluding carboxylic acids is 1. The maximum atomic E-state index is 12.0. The van der Waals surface area contributed by atoms with E-state index in [1.807, 2.05) is 36.4 Å². The molecule has 1 aliphatic carbocycles. The second-order valence-electron chi connectivity index (χ2n) is 4.21. The van der Waals surface area contributed by atoms with Crippen molar-refractivity contribution >= 4 is 5.97 Å². The Kier molecular flexibility index (Phi) is 2.85. The van der Waals surface area contributed by atoms with Crippen molar-refractivity contribution in [1.29, 1.82) is 0 Å². The molecule has 2 radical (unpaired) electrons. The second kappa shape index (κ2) is 4.65. The molecule has 0 N–H and O–H groups in total. The van der Waals surface area contributed by atoms with Gasteiger partial charge in [-0.25, -0.2) is 4.79 Å². The van der Waals surface area contributed by atoms with Gasteiger partial charge in [-0.1, -0.05) is 30.3 Å². The van der Waals surface area contributed by atoms with E-state index in [0.29, 0.717) is 11.3 Å². The molecule has 0 aliphatic heterocycles. The molecular weight excluding hydrogens is 224 g/mol. The molecule has 0 saturated heterocycles. The van der Waals surface area contributed by atoms with Gasteiger partial charge in [-0.05, 0) is 42.2 Å². The first kappa shape index (κ1) is 11.0. The monoisotopic (exact) mass is 236 g/mol. The third kappa shape index (κ3) is 2.02. The smallest absolute Gasteiger partial charge is 0.343 e. The van der Waals surface area contributed by atoms with E-state index in [9.17, 15) is 4.79 Å². The number of benzene rings is 2. The van der Waals surface area contributed by atoms with Crippen molar-refractivity contribution in [3.05, 3.63) is 71.6 Å². The predicted octanol–water partition coefficient (Wildman–Crippen LogP) is 3.28. The molecule has 18 heavy (non-hydrogen) atoms. The highest BCUT2D eigenvalue weighted by atomic mass is 16.5. The summed E-state index contributed by atoms with van der Waals surface area (Å²) in [7, 11) is 0. The highest BCUT2D eigenvalue weighted by Crippen LogP contribution is 2.31. The van der Waals surface area contributed by atoms with Crippen LogP contribution in [0.25, 0.3) is 0 Å². The number of ether oxygens (including phenoxy) is 1. The summed E-state index contributed by atoms with van der Waals surface area (Å²) >= 11 is 0. The molecule has 2 nitrogen and oxygen atoms in total. The largest absolute Gasteiger partial charge is 0.423 e. The van der Waals surface area contributed by atoms with E-state index in [1.165, 1.54) is 0 Å². The topological polar surface area (TPSA) is 26.3 Å². The summed E-state index contributed by atoms with van der Waals surface area (Å²) in [6.07, 6.45) is 5.06. The first-order chi connectivity index (χ1) is 8.84. The van der Waals surface area contributed by atoms with Crippen LogP contribution in [-0.4, -0.2) is 5.97 Å². The van der Waals surface area contributed by atoms with Gasteiger partial charge in [0, 0.05) is 6.42 Å². The molecule has 2 heteroatoms. The number of esters is 1. The molecule has 0 spiro atoms. The van der Waals surface area contributed by atoms with Crippen LogP contribution in [0.15, 0.2) is 48.5 Å². The normalized spacial score (nSPS) is 13.1. The summed E-state index contributed by atoms with van der Waals surface area (Å²) in [6.45, 7) is 0. The molecule has 0 heterocycles. The lowest BCUT2D eigenvalue weighted by Crippen LogP contribution is -2.09. The first-order valence-electron chi connectivity index (χ1n) is 5.97. The standard InChI is InChI=1S/C16H12O2/c17-16(13-6-2-1-3-7-13)18-15-11-5-9-12-8-4-10-14(12)15/h1-3,5-7,9,11H,4,10H2. The molecule has 3 rings (SSSR count). The lowest BCUT2D eigenvalue weighted by molar-refractivity contribution is 0.0733. The van der Waals surface area contributed by atoms with Crippen molar-refractivity contribution in [2.45, 2.75) is 12.8 Å². The highest BCUT2D eigenvalue weighted by Gasteiger charge is 2.18. The highest BCUT2D eigenvalue weighted by molar-refractivity contribution is 5.91. The first-order valence-corrected chi connectivity index (χ1v) is 5.97. The molecular formula is C16H12O2. The summed E-state index contributed by atoms with van der Waals surface area (Å²) in [5.41, 5.74) is 2.72. The van der Waals surface area contributed by atoms with E-state index >= 15 is 0 Å². The maximum absolute atomic E-state index is 12.0. The summed E-state index contributed by atoms with van der Waals surface area (Å²) in [4.78, 5) is 12.0. The fourth-order valence-electron chi connectivity index (χ4n) is 2.14. The van der Waals surface area contributed by atoms with Gasteiger partial charge < -0.3 is 4.74 Å². The van der Waals surface area contributed by atoms with E-state index in [2.05, 4.69) is 6.42 Å². The lowest BCUT2D eigenvalue weighted by Gasteiger charge is -2.08. The number of hydrogen-bond donors (Lipinski definition) is 0. The molecule has 0 unspecified atom stereocenters. The Morgan fingerprint density at radius 2 is 1.89 bits per heavy atom. The summed E-state index contributed by atoms with van der Waals surface area (Å²) in [5.74, 6) is 0.349. The summed E-state index contributed by atoms with van der Waals surface area (Å²) in [5, 5.41) is 0. The number of carbonyl (C=O) groups is 1. The quantitative estimate of drug-likeness (QED) is 0.591.